The number of nitrogens with two attached hydrogens (primary N) is 2. The fraction of sp³-hybridized carbons (Fsp3) is 0.333. The van der Waals surface area contributed by atoms with E-state index in [4.69, 9.17) is 5.73 Å². The number of halogens is 1. The minimum absolute atomic E-state index is 0. The normalized spacial score (nSPS) is 7.00. The molecule has 0 fully saturated rings. The van der Waals surface area contributed by atoms with E-state index in [1.54, 1.807) is 0 Å². The van der Waals surface area contributed by atoms with Gasteiger partial charge in [-0.2, -0.15) is 0 Å². The van der Waals surface area contributed by atoms with Crippen molar-refractivity contribution in [3.8, 4) is 0 Å². The molecule has 0 atom stereocenters. The van der Waals surface area contributed by atoms with Gasteiger partial charge in [-0.25, -0.2) is 0 Å². The Bertz CT molecular complexity index is 171. The zero-order chi connectivity index (χ0) is 8.53. The van der Waals surface area contributed by atoms with Gasteiger partial charge in [0, 0.05) is 0 Å². The summed E-state index contributed by atoms with van der Waals surface area (Å²) in [6.07, 6.45) is 0.987. The number of hydrogen-bond donors (Lipinski definition) is 2. The number of rotatable bonds is 2. The van der Waals surface area contributed by atoms with Gasteiger partial charge in [0.05, 0.1) is 0 Å². The van der Waals surface area contributed by atoms with Gasteiger partial charge in [0.1, 0.15) is 0 Å². The first-order valence-corrected chi connectivity index (χ1v) is 3.75. The second-order valence-electron chi connectivity index (χ2n) is 2.02. The molecule has 0 spiro atoms. The summed E-state index contributed by atoms with van der Waals surface area (Å²) in [6, 6.07) is 10.3. The van der Waals surface area contributed by atoms with Crippen LogP contribution in [0.2, 0.25) is 0 Å². The molecule has 0 aliphatic rings. The predicted molar refractivity (Wildman–Crippen MR) is 73.3 cm³/mol. The van der Waals surface area contributed by atoms with Gasteiger partial charge in [-0.1, -0.05) is 30.3 Å². The Hall–Kier alpha value is 0.669. The Balaban J connectivity index is -0.000000234. The summed E-state index contributed by atoms with van der Waals surface area (Å²) >= 11 is 0. The molecule has 0 unspecified atom stereocenters. The minimum atomic E-state index is 0. The van der Waals surface area contributed by atoms with Gasteiger partial charge >= 0.3 is 23.9 Å². The van der Waals surface area contributed by atoms with Gasteiger partial charge in [0.25, 0.3) is 0 Å². The third kappa shape index (κ3) is 10.6. The van der Waals surface area contributed by atoms with E-state index in [1.807, 2.05) is 18.2 Å². The molecule has 0 amide bonds. The van der Waals surface area contributed by atoms with Crippen molar-refractivity contribution < 1.29 is 0 Å². The van der Waals surface area contributed by atoms with E-state index in [9.17, 15) is 0 Å². The summed E-state index contributed by atoms with van der Waals surface area (Å²) in [7, 11) is 1.50. The van der Waals surface area contributed by atoms with Crippen LogP contribution < -0.4 is 11.5 Å². The van der Waals surface area contributed by atoms with Gasteiger partial charge in [0.2, 0.25) is 0 Å². The van der Waals surface area contributed by atoms with Crippen molar-refractivity contribution in [3.63, 3.8) is 0 Å². The van der Waals surface area contributed by atoms with Crippen LogP contribution in [-0.4, -0.2) is 37.5 Å². The first-order chi connectivity index (χ1) is 5.43. The Labute approximate surface area is 114 Å². The predicted octanol–water partition coefficient (Wildman–Crippen LogP) is 0.464. The molecule has 0 aromatic heterocycles. The van der Waals surface area contributed by atoms with Crippen LogP contribution in [0, 0.1) is 0 Å². The average Bonchev–Trinajstić information content (AvgIpc) is 2.11. The maximum atomic E-state index is 5.36. The van der Waals surface area contributed by atoms with Gasteiger partial charge in [-0.05, 0) is 25.6 Å². The molecule has 1 aromatic rings. The molecule has 2 radical (unpaired) electrons. The molecule has 2 nitrogen and oxygen atoms in total. The molecule has 4 N–H and O–H groups in total. The van der Waals surface area contributed by atoms with Crippen molar-refractivity contribution in [1.29, 1.82) is 0 Å². The number of hydrogen-bond acceptors (Lipinski definition) is 2. The van der Waals surface area contributed by atoms with E-state index in [0.29, 0.717) is 0 Å². The topological polar surface area (TPSA) is 52.0 Å². The molecule has 0 saturated heterocycles. The maximum absolute atomic E-state index is 5.36. The summed E-state index contributed by atoms with van der Waals surface area (Å²) in [5.41, 5.74) is 11.2. The van der Waals surface area contributed by atoms with Crippen LogP contribution in [0.1, 0.15) is 5.56 Å². The Morgan fingerprint density at radius 1 is 1.08 bits per heavy atom. The van der Waals surface area contributed by atoms with E-state index in [-0.39, 0.29) is 47.9 Å². The first kappa shape index (κ1) is 19.3. The summed E-state index contributed by atoms with van der Waals surface area (Å²) in [5, 5.41) is 0. The summed E-state index contributed by atoms with van der Waals surface area (Å²) in [4.78, 5) is 0. The van der Waals surface area contributed by atoms with Crippen LogP contribution in [-0.2, 0) is 6.42 Å². The Kier molecular flexibility index (Phi) is 22.5. The second kappa shape index (κ2) is 15.2. The monoisotopic (exact) mass is 402 g/mol. The molecule has 0 bridgehead atoms. The van der Waals surface area contributed by atoms with Crippen molar-refractivity contribution in [2.24, 2.45) is 11.5 Å². The molecule has 1 rings (SSSR count). The zero-order valence-electron chi connectivity index (χ0n) is 8.07. The van der Waals surface area contributed by atoms with E-state index in [2.05, 4.69) is 17.9 Å². The van der Waals surface area contributed by atoms with E-state index < -0.39 is 0 Å². The zero-order valence-corrected chi connectivity index (χ0v) is 14.4. The quantitative estimate of drug-likeness (QED) is 0.560. The van der Waals surface area contributed by atoms with Crippen LogP contribution in [0.4, 0.5) is 0 Å². The van der Waals surface area contributed by atoms with Gasteiger partial charge < -0.3 is 11.5 Å². The van der Waals surface area contributed by atoms with Crippen LogP contribution in [0.3, 0.4) is 0 Å². The molecule has 4 heteroatoms. The molecular weight excluding hydrogens is 382 g/mol. The van der Waals surface area contributed by atoms with Crippen molar-refractivity contribution >= 4 is 47.9 Å². The van der Waals surface area contributed by atoms with Crippen molar-refractivity contribution in [2.75, 3.05) is 13.6 Å². The molecule has 1 aromatic carbocycles. The van der Waals surface area contributed by atoms with E-state index in [0.717, 1.165) is 13.0 Å². The molecule has 0 saturated carbocycles. The summed E-state index contributed by atoms with van der Waals surface area (Å²) < 4.78 is 0. The van der Waals surface area contributed by atoms with Crippen LogP contribution in [0.5, 0.6) is 0 Å². The van der Waals surface area contributed by atoms with Gasteiger partial charge in [-0.3, -0.25) is 0 Å². The Morgan fingerprint density at radius 2 is 1.54 bits per heavy atom. The SMILES string of the molecule is CN.I.NCCc1ccccc1.[SnH2]. The third-order valence-corrected chi connectivity index (χ3v) is 1.28. The molecule has 0 aliphatic carbocycles. The third-order valence-electron chi connectivity index (χ3n) is 1.28. The standard InChI is InChI=1S/C8H11N.CH5N.HI.Sn.2H/c9-7-6-8-4-2-1-3-5-8;1-2;;;;/h1-5H,6-7,9H2;2H2,1H3;1H;;;. The van der Waals surface area contributed by atoms with Gasteiger partial charge in [-0.15, -0.1) is 24.0 Å². The average molecular weight is 401 g/mol. The van der Waals surface area contributed by atoms with E-state index >= 15 is 0 Å². The van der Waals surface area contributed by atoms with E-state index in [1.165, 1.54) is 12.6 Å². The number of benzene rings is 1. The molecule has 0 heterocycles. The van der Waals surface area contributed by atoms with Crippen molar-refractivity contribution in [3.05, 3.63) is 35.9 Å². The van der Waals surface area contributed by atoms with Crippen molar-refractivity contribution in [1.82, 2.24) is 0 Å². The van der Waals surface area contributed by atoms with Crippen LogP contribution >= 0.6 is 24.0 Å². The molecular formula is C9H19IN2Sn. The van der Waals surface area contributed by atoms with Crippen LogP contribution in [0.15, 0.2) is 30.3 Å². The van der Waals surface area contributed by atoms with Gasteiger partial charge in [0.15, 0.2) is 0 Å². The van der Waals surface area contributed by atoms with Crippen molar-refractivity contribution in [2.45, 2.75) is 6.42 Å². The fourth-order valence-electron chi connectivity index (χ4n) is 0.811. The molecule has 13 heavy (non-hydrogen) atoms. The summed E-state index contributed by atoms with van der Waals surface area (Å²) in [5.74, 6) is 0. The molecule has 0 aliphatic heterocycles. The summed E-state index contributed by atoms with van der Waals surface area (Å²) in [6.45, 7) is 0.740. The first-order valence-electron chi connectivity index (χ1n) is 3.75. The second-order valence-corrected chi connectivity index (χ2v) is 2.02. The fourth-order valence-corrected chi connectivity index (χ4v) is 0.811. The molecule has 76 valence electrons. The van der Waals surface area contributed by atoms with Crippen LogP contribution in [0.25, 0.3) is 0 Å². The Morgan fingerprint density at radius 3 is 1.92 bits per heavy atom.